The van der Waals surface area contributed by atoms with Crippen LogP contribution in [0.4, 0.5) is 0 Å². The minimum Gasteiger partial charge on any atom is -0.507 e. The zero-order valence-electron chi connectivity index (χ0n) is 20.4. The first-order chi connectivity index (χ1) is 16.4. The van der Waals surface area contributed by atoms with Gasteiger partial charge in [-0.1, -0.05) is 38.1 Å². The standard InChI is InChI=1S/C27H34N2O5/c1-5-28(6-2)16-9-17-29-24(19-12-14-21(15-13-19)34-7-3)23(26(31)27(29)32)25(30)20-10-8-11-22(18-20)33-4/h8,10-15,18,24,30H,5-7,9,16-17H2,1-4H3/b25-23-. The van der Waals surface area contributed by atoms with Gasteiger partial charge in [0.1, 0.15) is 17.3 Å². The molecular weight excluding hydrogens is 432 g/mol. The van der Waals surface area contributed by atoms with Crippen molar-refractivity contribution in [2.75, 3.05) is 39.9 Å². The molecule has 1 atom stereocenters. The summed E-state index contributed by atoms with van der Waals surface area (Å²) >= 11 is 0. The van der Waals surface area contributed by atoms with Crippen LogP contribution in [0.3, 0.4) is 0 Å². The molecule has 0 aliphatic carbocycles. The van der Waals surface area contributed by atoms with E-state index in [0.717, 1.165) is 31.6 Å². The molecule has 1 aliphatic rings. The van der Waals surface area contributed by atoms with Crippen molar-refractivity contribution in [2.24, 2.45) is 0 Å². The molecule has 0 spiro atoms. The van der Waals surface area contributed by atoms with Crippen LogP contribution in [0.2, 0.25) is 0 Å². The summed E-state index contributed by atoms with van der Waals surface area (Å²) in [4.78, 5) is 30.1. The van der Waals surface area contributed by atoms with Crippen molar-refractivity contribution in [3.05, 3.63) is 65.2 Å². The number of aliphatic hydroxyl groups excluding tert-OH is 1. The van der Waals surface area contributed by atoms with Gasteiger partial charge in [0, 0.05) is 12.1 Å². The van der Waals surface area contributed by atoms with Crippen LogP contribution in [0.15, 0.2) is 54.1 Å². The lowest BCUT2D eigenvalue weighted by Gasteiger charge is -2.27. The summed E-state index contributed by atoms with van der Waals surface area (Å²) in [5.74, 6) is -0.222. The Bertz CT molecular complexity index is 1030. The molecule has 182 valence electrons. The summed E-state index contributed by atoms with van der Waals surface area (Å²) in [5, 5.41) is 11.2. The number of hydrogen-bond acceptors (Lipinski definition) is 6. The Morgan fingerprint density at radius 3 is 2.35 bits per heavy atom. The van der Waals surface area contributed by atoms with Crippen molar-refractivity contribution in [1.82, 2.24) is 9.80 Å². The lowest BCUT2D eigenvalue weighted by molar-refractivity contribution is -0.140. The molecule has 1 N–H and O–H groups in total. The molecule has 34 heavy (non-hydrogen) atoms. The minimum atomic E-state index is -0.682. The van der Waals surface area contributed by atoms with E-state index in [-0.39, 0.29) is 11.3 Å². The number of methoxy groups -OCH3 is 1. The number of carbonyl (C=O) groups excluding carboxylic acids is 2. The molecule has 0 radical (unpaired) electrons. The largest absolute Gasteiger partial charge is 0.507 e. The smallest absolute Gasteiger partial charge is 0.295 e. The molecule has 1 unspecified atom stereocenters. The van der Waals surface area contributed by atoms with Crippen molar-refractivity contribution in [3.63, 3.8) is 0 Å². The molecule has 0 aromatic heterocycles. The second-order valence-corrected chi connectivity index (χ2v) is 8.11. The average molecular weight is 467 g/mol. The Balaban J connectivity index is 2.03. The number of hydrogen-bond donors (Lipinski definition) is 1. The topological polar surface area (TPSA) is 79.3 Å². The van der Waals surface area contributed by atoms with Gasteiger partial charge in [-0.2, -0.15) is 0 Å². The molecule has 1 amide bonds. The SMILES string of the molecule is CCOc1ccc(C2/C(=C(/O)c3cccc(OC)c3)C(=O)C(=O)N2CCCN(CC)CC)cc1. The fourth-order valence-corrected chi connectivity index (χ4v) is 4.30. The predicted molar refractivity (Wildman–Crippen MR) is 132 cm³/mol. The number of Topliss-reactive ketones (excluding diaryl/α,β-unsaturated/α-hetero) is 1. The Morgan fingerprint density at radius 1 is 1.03 bits per heavy atom. The lowest BCUT2D eigenvalue weighted by Crippen LogP contribution is -2.33. The third-order valence-corrected chi connectivity index (χ3v) is 6.16. The number of ether oxygens (including phenoxy) is 2. The number of carbonyl (C=O) groups is 2. The van der Waals surface area contributed by atoms with Crippen molar-refractivity contribution < 1.29 is 24.2 Å². The molecule has 2 aromatic carbocycles. The van der Waals surface area contributed by atoms with Gasteiger partial charge in [-0.05, 0) is 62.8 Å². The van der Waals surface area contributed by atoms with Gasteiger partial charge >= 0.3 is 0 Å². The highest BCUT2D eigenvalue weighted by Gasteiger charge is 2.45. The molecule has 1 saturated heterocycles. The third-order valence-electron chi connectivity index (χ3n) is 6.16. The van der Waals surface area contributed by atoms with E-state index in [0.29, 0.717) is 30.2 Å². The first kappa shape index (κ1) is 25.3. The van der Waals surface area contributed by atoms with Crippen LogP contribution in [0.25, 0.3) is 5.76 Å². The fourth-order valence-electron chi connectivity index (χ4n) is 4.30. The Kier molecular flexibility index (Phi) is 8.71. The third kappa shape index (κ3) is 5.42. The molecule has 7 nitrogen and oxygen atoms in total. The van der Waals surface area contributed by atoms with Crippen LogP contribution in [0.5, 0.6) is 11.5 Å². The first-order valence-corrected chi connectivity index (χ1v) is 11.8. The maximum Gasteiger partial charge on any atom is 0.295 e. The quantitative estimate of drug-likeness (QED) is 0.303. The summed E-state index contributed by atoms with van der Waals surface area (Å²) in [6.45, 7) is 9.73. The fraction of sp³-hybridized carbons (Fsp3) is 0.407. The Hall–Kier alpha value is -3.32. The van der Waals surface area contributed by atoms with Crippen molar-refractivity contribution >= 4 is 17.4 Å². The lowest BCUT2D eigenvalue weighted by atomic mass is 9.95. The van der Waals surface area contributed by atoms with E-state index in [1.165, 1.54) is 7.11 Å². The van der Waals surface area contributed by atoms with Gasteiger partial charge in [-0.3, -0.25) is 9.59 Å². The van der Waals surface area contributed by atoms with Crippen LogP contribution in [-0.4, -0.2) is 66.5 Å². The zero-order chi connectivity index (χ0) is 24.7. The Morgan fingerprint density at radius 2 is 1.74 bits per heavy atom. The second kappa shape index (κ2) is 11.7. The maximum atomic E-state index is 13.2. The van der Waals surface area contributed by atoms with E-state index in [2.05, 4.69) is 18.7 Å². The van der Waals surface area contributed by atoms with E-state index in [4.69, 9.17) is 9.47 Å². The predicted octanol–water partition coefficient (Wildman–Crippen LogP) is 4.25. The van der Waals surface area contributed by atoms with Gasteiger partial charge in [-0.15, -0.1) is 0 Å². The second-order valence-electron chi connectivity index (χ2n) is 8.11. The summed E-state index contributed by atoms with van der Waals surface area (Å²) in [6, 6.07) is 13.5. The highest BCUT2D eigenvalue weighted by atomic mass is 16.5. The molecule has 3 rings (SSSR count). The van der Waals surface area contributed by atoms with Crippen molar-refractivity contribution in [1.29, 1.82) is 0 Å². The van der Waals surface area contributed by atoms with Gasteiger partial charge in [0.2, 0.25) is 0 Å². The van der Waals surface area contributed by atoms with Crippen LogP contribution in [-0.2, 0) is 9.59 Å². The van der Waals surface area contributed by atoms with Gasteiger partial charge in [0.15, 0.2) is 0 Å². The average Bonchev–Trinajstić information content (AvgIpc) is 3.12. The number of rotatable bonds is 11. The molecule has 1 fully saturated rings. The van der Waals surface area contributed by atoms with Gasteiger partial charge < -0.3 is 24.4 Å². The number of benzene rings is 2. The van der Waals surface area contributed by atoms with Crippen LogP contribution in [0.1, 0.15) is 44.4 Å². The van der Waals surface area contributed by atoms with Gasteiger partial charge in [-0.25, -0.2) is 0 Å². The van der Waals surface area contributed by atoms with E-state index in [9.17, 15) is 14.7 Å². The van der Waals surface area contributed by atoms with E-state index in [1.54, 1.807) is 29.2 Å². The minimum absolute atomic E-state index is 0.0882. The first-order valence-electron chi connectivity index (χ1n) is 11.8. The van der Waals surface area contributed by atoms with Crippen LogP contribution < -0.4 is 9.47 Å². The highest BCUT2D eigenvalue weighted by Crippen LogP contribution is 2.40. The van der Waals surface area contributed by atoms with Crippen LogP contribution >= 0.6 is 0 Å². The van der Waals surface area contributed by atoms with E-state index < -0.39 is 17.7 Å². The van der Waals surface area contributed by atoms with E-state index in [1.807, 2.05) is 31.2 Å². The van der Waals surface area contributed by atoms with Crippen molar-refractivity contribution in [2.45, 2.75) is 33.2 Å². The summed E-state index contributed by atoms with van der Waals surface area (Å²) < 4.78 is 10.8. The Labute approximate surface area is 201 Å². The molecule has 0 saturated carbocycles. The molecule has 1 aliphatic heterocycles. The van der Waals surface area contributed by atoms with Crippen molar-refractivity contribution in [3.8, 4) is 11.5 Å². The molecule has 0 bridgehead atoms. The number of ketones is 1. The normalized spacial score (nSPS) is 17.4. The summed E-state index contributed by atoms with van der Waals surface area (Å²) in [6.07, 6.45) is 0.724. The highest BCUT2D eigenvalue weighted by molar-refractivity contribution is 6.46. The number of aliphatic hydroxyl groups is 1. The number of likely N-dealkylation sites (tertiary alicyclic amines) is 1. The molecule has 7 heteroatoms. The number of amides is 1. The van der Waals surface area contributed by atoms with E-state index >= 15 is 0 Å². The monoisotopic (exact) mass is 466 g/mol. The maximum absolute atomic E-state index is 13.2. The molecule has 1 heterocycles. The summed E-state index contributed by atoms with van der Waals surface area (Å²) in [5.41, 5.74) is 1.26. The molecular formula is C27H34N2O5. The van der Waals surface area contributed by atoms with Gasteiger partial charge in [0.05, 0.1) is 25.3 Å². The number of nitrogens with zero attached hydrogens (tertiary/aromatic N) is 2. The molecule has 2 aromatic rings. The van der Waals surface area contributed by atoms with Gasteiger partial charge in [0.25, 0.3) is 11.7 Å². The summed E-state index contributed by atoms with van der Waals surface area (Å²) in [7, 11) is 1.54. The zero-order valence-corrected chi connectivity index (χ0v) is 20.4. The van der Waals surface area contributed by atoms with Crippen LogP contribution in [0, 0.1) is 0 Å².